The van der Waals surface area contributed by atoms with E-state index in [2.05, 4.69) is 0 Å². The summed E-state index contributed by atoms with van der Waals surface area (Å²) in [6.07, 6.45) is 2.42. The van der Waals surface area contributed by atoms with Gasteiger partial charge < -0.3 is 18.9 Å². The molecule has 102 valence electrons. The molecule has 2 saturated heterocycles. The summed E-state index contributed by atoms with van der Waals surface area (Å²) >= 11 is 0. The summed E-state index contributed by atoms with van der Waals surface area (Å²) in [6, 6.07) is 0. The van der Waals surface area contributed by atoms with Crippen LogP contribution in [0.4, 0.5) is 0 Å². The van der Waals surface area contributed by atoms with Crippen molar-refractivity contribution in [3.05, 3.63) is 0 Å². The third-order valence-electron chi connectivity index (χ3n) is 2.83. The van der Waals surface area contributed by atoms with Gasteiger partial charge in [-0.25, -0.2) is 0 Å². The monoisotopic (exact) mass is 258 g/mol. The van der Waals surface area contributed by atoms with Gasteiger partial charge in [0.25, 0.3) is 0 Å². The van der Waals surface area contributed by atoms with E-state index in [-0.39, 0.29) is 12.8 Å². The summed E-state index contributed by atoms with van der Waals surface area (Å²) in [5, 5.41) is 0. The first-order valence-electron chi connectivity index (χ1n) is 6.36. The van der Waals surface area contributed by atoms with E-state index >= 15 is 0 Å². The predicted molar refractivity (Wildman–Crippen MR) is 59.4 cm³/mol. The van der Waals surface area contributed by atoms with Crippen molar-refractivity contribution < 1.29 is 28.5 Å². The molecule has 0 spiro atoms. The van der Waals surface area contributed by atoms with Gasteiger partial charge in [-0.3, -0.25) is 9.59 Å². The summed E-state index contributed by atoms with van der Waals surface area (Å²) in [5.41, 5.74) is 0. The Morgan fingerprint density at radius 2 is 1.33 bits per heavy atom. The van der Waals surface area contributed by atoms with Crippen LogP contribution in [-0.2, 0) is 28.5 Å². The molecule has 0 N–H and O–H groups in total. The summed E-state index contributed by atoms with van der Waals surface area (Å²) in [5.74, 6) is -0.850. The minimum atomic E-state index is -0.438. The Balaban J connectivity index is 1.57. The molecule has 2 rings (SSSR count). The zero-order valence-corrected chi connectivity index (χ0v) is 10.3. The molecule has 0 aromatic rings. The second-order valence-electron chi connectivity index (χ2n) is 4.36. The van der Waals surface area contributed by atoms with Crippen molar-refractivity contribution in [2.75, 3.05) is 13.2 Å². The van der Waals surface area contributed by atoms with Crippen LogP contribution in [0.1, 0.15) is 38.5 Å². The molecule has 0 amide bonds. The van der Waals surface area contributed by atoms with Crippen molar-refractivity contribution >= 4 is 11.9 Å². The molecule has 0 aromatic carbocycles. The number of rotatable bonds is 5. The highest BCUT2D eigenvalue weighted by Gasteiger charge is 2.22. The first-order valence-corrected chi connectivity index (χ1v) is 6.36. The SMILES string of the molecule is O=C(CCC(=O)OC1CCCO1)OC1CCCO1. The molecule has 2 unspecified atom stereocenters. The Hall–Kier alpha value is -1.14. The van der Waals surface area contributed by atoms with Crippen LogP contribution in [-0.4, -0.2) is 37.7 Å². The predicted octanol–water partition coefficient (Wildman–Crippen LogP) is 1.13. The van der Waals surface area contributed by atoms with Gasteiger partial charge in [0.05, 0.1) is 26.1 Å². The largest absolute Gasteiger partial charge is 0.436 e. The highest BCUT2D eigenvalue weighted by atomic mass is 16.7. The highest BCUT2D eigenvalue weighted by molar-refractivity contribution is 5.77. The van der Waals surface area contributed by atoms with Crippen molar-refractivity contribution in [3.8, 4) is 0 Å². The first kappa shape index (κ1) is 13.3. The zero-order valence-electron chi connectivity index (χ0n) is 10.3. The maximum atomic E-state index is 11.4. The van der Waals surface area contributed by atoms with Gasteiger partial charge in [-0.2, -0.15) is 0 Å². The van der Waals surface area contributed by atoms with E-state index in [1.807, 2.05) is 0 Å². The molecule has 2 aliphatic heterocycles. The van der Waals surface area contributed by atoms with Crippen LogP contribution < -0.4 is 0 Å². The van der Waals surface area contributed by atoms with E-state index in [0.717, 1.165) is 25.7 Å². The lowest BCUT2D eigenvalue weighted by atomic mass is 10.3. The highest BCUT2D eigenvalue weighted by Crippen LogP contribution is 2.16. The molecule has 0 bridgehead atoms. The van der Waals surface area contributed by atoms with E-state index in [9.17, 15) is 9.59 Å². The van der Waals surface area contributed by atoms with Crippen molar-refractivity contribution in [1.82, 2.24) is 0 Å². The molecule has 2 aliphatic rings. The van der Waals surface area contributed by atoms with Gasteiger partial charge in [0, 0.05) is 12.8 Å². The number of hydrogen-bond donors (Lipinski definition) is 0. The van der Waals surface area contributed by atoms with Crippen molar-refractivity contribution in [2.24, 2.45) is 0 Å². The molecule has 0 radical (unpaired) electrons. The van der Waals surface area contributed by atoms with E-state index in [1.165, 1.54) is 0 Å². The average Bonchev–Trinajstić information content (AvgIpc) is 2.99. The molecule has 2 atom stereocenters. The maximum Gasteiger partial charge on any atom is 0.308 e. The van der Waals surface area contributed by atoms with Crippen LogP contribution in [0.25, 0.3) is 0 Å². The number of hydrogen-bond acceptors (Lipinski definition) is 6. The molecular weight excluding hydrogens is 240 g/mol. The number of ether oxygens (including phenoxy) is 4. The second-order valence-corrected chi connectivity index (χ2v) is 4.36. The summed E-state index contributed by atoms with van der Waals surface area (Å²) in [7, 11) is 0. The van der Waals surface area contributed by atoms with Crippen LogP contribution >= 0.6 is 0 Å². The molecule has 6 nitrogen and oxygen atoms in total. The lowest BCUT2D eigenvalue weighted by Gasteiger charge is -2.12. The van der Waals surface area contributed by atoms with Crippen LogP contribution in [0, 0.1) is 0 Å². The van der Waals surface area contributed by atoms with Crippen LogP contribution in [0.5, 0.6) is 0 Å². The van der Waals surface area contributed by atoms with Crippen LogP contribution in [0.3, 0.4) is 0 Å². The maximum absolute atomic E-state index is 11.4. The van der Waals surface area contributed by atoms with E-state index in [1.54, 1.807) is 0 Å². The smallest absolute Gasteiger partial charge is 0.308 e. The van der Waals surface area contributed by atoms with Gasteiger partial charge in [-0.1, -0.05) is 0 Å². The molecule has 2 fully saturated rings. The fourth-order valence-corrected chi connectivity index (χ4v) is 1.90. The Morgan fingerprint density at radius 3 is 1.67 bits per heavy atom. The summed E-state index contributed by atoms with van der Waals surface area (Å²) < 4.78 is 20.4. The van der Waals surface area contributed by atoms with E-state index < -0.39 is 24.5 Å². The third-order valence-corrected chi connectivity index (χ3v) is 2.83. The van der Waals surface area contributed by atoms with Gasteiger partial charge >= 0.3 is 11.9 Å². The van der Waals surface area contributed by atoms with Crippen molar-refractivity contribution in [3.63, 3.8) is 0 Å². The molecule has 6 heteroatoms. The van der Waals surface area contributed by atoms with Gasteiger partial charge in [0.15, 0.2) is 0 Å². The standard InChI is InChI=1S/C12H18O6/c13-9(17-11-3-1-7-15-11)5-6-10(14)18-12-4-2-8-16-12/h11-12H,1-8H2. The van der Waals surface area contributed by atoms with Gasteiger partial charge in [0.1, 0.15) is 0 Å². The van der Waals surface area contributed by atoms with Crippen molar-refractivity contribution in [2.45, 2.75) is 51.1 Å². The first-order chi connectivity index (χ1) is 8.74. The lowest BCUT2D eigenvalue weighted by Crippen LogP contribution is -2.20. The van der Waals surface area contributed by atoms with Crippen molar-refractivity contribution in [1.29, 1.82) is 0 Å². The topological polar surface area (TPSA) is 71.1 Å². The lowest BCUT2D eigenvalue weighted by molar-refractivity contribution is -0.176. The summed E-state index contributed by atoms with van der Waals surface area (Å²) in [4.78, 5) is 22.8. The van der Waals surface area contributed by atoms with Gasteiger partial charge in [-0.05, 0) is 12.8 Å². The fraction of sp³-hybridized carbons (Fsp3) is 0.833. The average molecular weight is 258 g/mol. The Labute approximate surface area is 106 Å². The van der Waals surface area contributed by atoms with E-state index in [0.29, 0.717) is 13.2 Å². The van der Waals surface area contributed by atoms with Crippen LogP contribution in [0.15, 0.2) is 0 Å². The molecule has 18 heavy (non-hydrogen) atoms. The van der Waals surface area contributed by atoms with Gasteiger partial charge in [0.2, 0.25) is 12.6 Å². The Morgan fingerprint density at radius 1 is 0.889 bits per heavy atom. The molecule has 0 aliphatic carbocycles. The Bertz CT molecular complexity index is 261. The van der Waals surface area contributed by atoms with Crippen LogP contribution in [0.2, 0.25) is 0 Å². The number of esters is 2. The third kappa shape index (κ3) is 4.27. The van der Waals surface area contributed by atoms with Gasteiger partial charge in [-0.15, -0.1) is 0 Å². The molecule has 0 aromatic heterocycles. The Kier molecular flexibility index (Phi) is 4.95. The molecular formula is C12H18O6. The second kappa shape index (κ2) is 6.70. The molecule has 2 heterocycles. The molecule has 0 saturated carbocycles. The number of carbonyl (C=O) groups is 2. The zero-order chi connectivity index (χ0) is 12.8. The van der Waals surface area contributed by atoms with E-state index in [4.69, 9.17) is 18.9 Å². The fourth-order valence-electron chi connectivity index (χ4n) is 1.90. The minimum absolute atomic E-state index is 0.0193. The minimum Gasteiger partial charge on any atom is -0.436 e. The normalized spacial score (nSPS) is 27.1. The number of carbonyl (C=O) groups excluding carboxylic acids is 2. The summed E-state index contributed by atoms with van der Waals surface area (Å²) in [6.45, 7) is 1.25. The quantitative estimate of drug-likeness (QED) is 0.688.